The molecule has 3 aromatic heterocycles. The summed E-state index contributed by atoms with van der Waals surface area (Å²) in [5.74, 6) is -0.475. The number of aromatic nitrogens is 3. The molecule has 4 heterocycles. The first kappa shape index (κ1) is 19.0. The summed E-state index contributed by atoms with van der Waals surface area (Å²) < 4.78 is 15.2. The zero-order valence-corrected chi connectivity index (χ0v) is 16.9. The number of nitrogens with zero attached hydrogens (tertiary/aromatic N) is 4. The van der Waals surface area contributed by atoms with Gasteiger partial charge >= 0.3 is 0 Å². The Morgan fingerprint density at radius 1 is 0.867 bits per heavy atom. The van der Waals surface area contributed by atoms with Gasteiger partial charge in [-0.25, -0.2) is 4.98 Å². The molecule has 6 heteroatoms. The van der Waals surface area contributed by atoms with Crippen LogP contribution < -0.4 is 4.84 Å². The highest BCUT2D eigenvalue weighted by atomic mass is 19.1. The minimum Gasteiger partial charge on any atom is -0.412 e. The number of benzene rings is 1. The lowest BCUT2D eigenvalue weighted by atomic mass is 10.1. The third-order valence-corrected chi connectivity index (χ3v) is 5.91. The Labute approximate surface area is 175 Å². The van der Waals surface area contributed by atoms with E-state index in [2.05, 4.69) is 27.0 Å². The second-order valence-corrected chi connectivity index (χ2v) is 7.88. The molecule has 0 unspecified atom stereocenters. The third-order valence-electron chi connectivity index (χ3n) is 5.91. The number of hydrogen-bond donors (Lipinski definition) is 0. The van der Waals surface area contributed by atoms with Crippen LogP contribution in [0, 0.1) is 5.95 Å². The van der Waals surface area contributed by atoms with Crippen LogP contribution in [0.25, 0.3) is 32.9 Å². The number of likely N-dealkylation sites (tertiary alicyclic amines) is 1. The molecule has 1 aliphatic heterocycles. The van der Waals surface area contributed by atoms with Crippen molar-refractivity contribution in [1.82, 2.24) is 19.6 Å². The van der Waals surface area contributed by atoms with E-state index in [1.54, 1.807) is 18.5 Å². The molecule has 1 aliphatic rings. The van der Waals surface area contributed by atoms with Crippen LogP contribution in [0.4, 0.5) is 4.39 Å². The molecule has 154 valence electrons. The van der Waals surface area contributed by atoms with E-state index in [9.17, 15) is 4.39 Å². The van der Waals surface area contributed by atoms with Gasteiger partial charge in [-0.2, -0.15) is 9.12 Å². The maximum absolute atomic E-state index is 13.2. The normalized spacial score (nSPS) is 15.5. The molecule has 0 aliphatic carbocycles. The number of rotatable bonds is 5. The first-order valence-corrected chi connectivity index (χ1v) is 10.7. The van der Waals surface area contributed by atoms with Crippen LogP contribution in [0.3, 0.4) is 0 Å². The fraction of sp³-hybridized carbons (Fsp3) is 0.333. The smallest absolute Gasteiger partial charge is 0.212 e. The lowest BCUT2D eigenvalue weighted by Crippen LogP contribution is -2.31. The summed E-state index contributed by atoms with van der Waals surface area (Å²) >= 11 is 0. The van der Waals surface area contributed by atoms with Crippen molar-refractivity contribution in [2.45, 2.75) is 25.7 Å². The molecule has 1 saturated heterocycles. The largest absolute Gasteiger partial charge is 0.412 e. The second kappa shape index (κ2) is 8.40. The predicted molar refractivity (Wildman–Crippen MR) is 117 cm³/mol. The molecule has 5 nitrogen and oxygen atoms in total. The van der Waals surface area contributed by atoms with Crippen molar-refractivity contribution in [1.29, 1.82) is 0 Å². The number of halogens is 1. The van der Waals surface area contributed by atoms with Crippen LogP contribution in [0.5, 0.6) is 0 Å². The Morgan fingerprint density at radius 3 is 2.50 bits per heavy atom. The molecule has 30 heavy (non-hydrogen) atoms. The summed E-state index contributed by atoms with van der Waals surface area (Å²) in [7, 11) is 0. The number of hydrogen-bond acceptors (Lipinski definition) is 4. The Balaban J connectivity index is 1.48. The average Bonchev–Trinajstić information content (AvgIpc) is 2.91. The average molecular weight is 404 g/mol. The first-order valence-electron chi connectivity index (χ1n) is 10.7. The molecule has 1 fully saturated rings. The minimum atomic E-state index is -0.475. The van der Waals surface area contributed by atoms with E-state index in [1.165, 1.54) is 31.7 Å². The van der Waals surface area contributed by atoms with Crippen LogP contribution in [0.1, 0.15) is 25.7 Å². The summed E-state index contributed by atoms with van der Waals surface area (Å²) in [6, 6.07) is 11.3. The second-order valence-electron chi connectivity index (χ2n) is 7.88. The summed E-state index contributed by atoms with van der Waals surface area (Å²) in [5.41, 5.74) is 3.84. The summed E-state index contributed by atoms with van der Waals surface area (Å²) in [5, 5.41) is 2.15. The Morgan fingerprint density at radius 2 is 1.70 bits per heavy atom. The monoisotopic (exact) mass is 404 g/mol. The molecule has 0 atom stereocenters. The Kier molecular flexibility index (Phi) is 5.32. The molecule has 4 aromatic rings. The molecule has 0 bridgehead atoms. The lowest BCUT2D eigenvalue weighted by molar-refractivity contribution is 0.102. The van der Waals surface area contributed by atoms with Crippen molar-refractivity contribution < 1.29 is 9.23 Å². The molecule has 0 saturated carbocycles. The molecular formula is C24H25FN4O. The minimum absolute atomic E-state index is 0.475. The van der Waals surface area contributed by atoms with Gasteiger partial charge in [-0.3, -0.25) is 9.88 Å². The van der Waals surface area contributed by atoms with Gasteiger partial charge in [0.05, 0.1) is 11.0 Å². The topological polar surface area (TPSA) is 43.2 Å². The van der Waals surface area contributed by atoms with Gasteiger partial charge < -0.3 is 4.84 Å². The van der Waals surface area contributed by atoms with E-state index in [-0.39, 0.29) is 0 Å². The van der Waals surface area contributed by atoms with Gasteiger partial charge in [-0.1, -0.05) is 25.0 Å². The van der Waals surface area contributed by atoms with Crippen molar-refractivity contribution >= 4 is 21.8 Å². The van der Waals surface area contributed by atoms with Crippen molar-refractivity contribution in [3.05, 3.63) is 60.9 Å². The lowest BCUT2D eigenvalue weighted by Gasteiger charge is -2.20. The van der Waals surface area contributed by atoms with E-state index in [1.807, 2.05) is 23.1 Å². The molecule has 5 rings (SSSR count). The quantitative estimate of drug-likeness (QED) is 0.453. The van der Waals surface area contributed by atoms with Gasteiger partial charge in [0.15, 0.2) is 0 Å². The molecule has 0 radical (unpaired) electrons. The van der Waals surface area contributed by atoms with Crippen molar-refractivity contribution in [2.75, 3.05) is 26.2 Å². The highest BCUT2D eigenvalue weighted by Gasteiger charge is 2.14. The fourth-order valence-corrected chi connectivity index (χ4v) is 4.32. The summed E-state index contributed by atoms with van der Waals surface area (Å²) in [6.45, 7) is 3.86. The number of fused-ring (bicyclic) bond motifs is 3. The van der Waals surface area contributed by atoms with Gasteiger partial charge in [0.2, 0.25) is 5.95 Å². The first-order chi connectivity index (χ1) is 14.8. The van der Waals surface area contributed by atoms with Crippen molar-refractivity contribution in [3.63, 3.8) is 0 Å². The van der Waals surface area contributed by atoms with Crippen LogP contribution in [0.2, 0.25) is 0 Å². The van der Waals surface area contributed by atoms with E-state index in [0.29, 0.717) is 6.61 Å². The third kappa shape index (κ3) is 3.75. The maximum atomic E-state index is 13.2. The van der Waals surface area contributed by atoms with Gasteiger partial charge in [-0.05, 0) is 55.8 Å². The SMILES string of the molecule is Fc1ccc(-c2ccc3c4cnccc4n(OCCN4CCCCCC4)c3c2)cn1. The standard InChI is InChI=1S/C24H25FN4O/c25-24-8-6-19(16-27-24)18-5-7-20-21-17-26-10-9-22(21)29(23(20)15-18)30-14-13-28-11-3-1-2-4-12-28/h5-10,15-17H,1-4,11-14H2. The highest BCUT2D eigenvalue weighted by Crippen LogP contribution is 2.31. The number of pyridine rings is 2. The van der Waals surface area contributed by atoms with Crippen LogP contribution in [-0.4, -0.2) is 45.8 Å². The van der Waals surface area contributed by atoms with Crippen LogP contribution in [-0.2, 0) is 0 Å². The fourth-order valence-electron chi connectivity index (χ4n) is 4.32. The summed E-state index contributed by atoms with van der Waals surface area (Å²) in [4.78, 5) is 16.9. The van der Waals surface area contributed by atoms with Crippen molar-refractivity contribution in [3.8, 4) is 11.1 Å². The van der Waals surface area contributed by atoms with Gasteiger partial charge in [0.1, 0.15) is 6.61 Å². The van der Waals surface area contributed by atoms with Gasteiger partial charge in [0.25, 0.3) is 0 Å². The predicted octanol–water partition coefficient (Wildman–Crippen LogP) is 4.70. The van der Waals surface area contributed by atoms with Gasteiger partial charge in [-0.15, -0.1) is 0 Å². The zero-order valence-electron chi connectivity index (χ0n) is 16.9. The molecule has 0 N–H and O–H groups in total. The zero-order chi connectivity index (χ0) is 20.3. The van der Waals surface area contributed by atoms with Crippen LogP contribution in [0.15, 0.2) is 55.0 Å². The molecular weight excluding hydrogens is 379 g/mol. The van der Waals surface area contributed by atoms with Crippen LogP contribution >= 0.6 is 0 Å². The van der Waals surface area contributed by atoms with E-state index in [4.69, 9.17) is 4.84 Å². The van der Waals surface area contributed by atoms with E-state index < -0.39 is 5.95 Å². The van der Waals surface area contributed by atoms with Crippen molar-refractivity contribution in [2.24, 2.45) is 0 Å². The van der Waals surface area contributed by atoms with E-state index in [0.717, 1.165) is 52.6 Å². The Hall–Kier alpha value is -2.99. The highest BCUT2D eigenvalue weighted by molar-refractivity contribution is 6.08. The van der Waals surface area contributed by atoms with Gasteiger partial charge in [0, 0.05) is 41.5 Å². The van der Waals surface area contributed by atoms with E-state index >= 15 is 0 Å². The molecule has 0 amide bonds. The molecule has 0 spiro atoms. The maximum Gasteiger partial charge on any atom is 0.212 e. The molecule has 1 aromatic carbocycles. The Bertz CT molecular complexity index is 1150. The summed E-state index contributed by atoms with van der Waals surface area (Å²) in [6.07, 6.45) is 10.4.